The Balaban J connectivity index is 2.10. The lowest BCUT2D eigenvalue weighted by molar-refractivity contribution is -0.152. The predicted molar refractivity (Wildman–Crippen MR) is 62.2 cm³/mol. The second kappa shape index (κ2) is 4.89. The number of aromatic nitrogens is 1. The van der Waals surface area contributed by atoms with Gasteiger partial charge >= 0.3 is 11.9 Å². The van der Waals surface area contributed by atoms with E-state index < -0.39 is 24.5 Å². The standard InChI is InChI=1S/C12H11NO5/c14-9(12(16)17)5-11(15)18-10-6-13-8-4-2-1-3-7(8)10/h1-4,6,9,13-14H,5H2,(H,16,17). The van der Waals surface area contributed by atoms with Gasteiger partial charge < -0.3 is 19.9 Å². The van der Waals surface area contributed by atoms with Crippen molar-refractivity contribution in [2.45, 2.75) is 12.5 Å². The topological polar surface area (TPSA) is 99.6 Å². The number of hydrogen-bond acceptors (Lipinski definition) is 4. The van der Waals surface area contributed by atoms with E-state index in [1.54, 1.807) is 12.1 Å². The van der Waals surface area contributed by atoms with Crippen molar-refractivity contribution >= 4 is 22.8 Å². The third-order valence-corrected chi connectivity index (χ3v) is 2.42. The maximum atomic E-state index is 11.4. The molecule has 6 heteroatoms. The summed E-state index contributed by atoms with van der Waals surface area (Å²) < 4.78 is 4.99. The average molecular weight is 249 g/mol. The summed E-state index contributed by atoms with van der Waals surface area (Å²) in [5.74, 6) is -1.94. The minimum Gasteiger partial charge on any atom is -0.479 e. The molecule has 0 saturated carbocycles. The van der Waals surface area contributed by atoms with Crippen LogP contribution in [-0.4, -0.2) is 33.2 Å². The van der Waals surface area contributed by atoms with E-state index in [4.69, 9.17) is 14.9 Å². The SMILES string of the molecule is O=C(CC(O)C(=O)O)Oc1c[nH]c2ccccc12. The number of aliphatic hydroxyl groups is 1. The molecule has 2 aromatic rings. The van der Waals surface area contributed by atoms with Crippen LogP contribution in [0, 0.1) is 0 Å². The predicted octanol–water partition coefficient (Wildman–Crippen LogP) is 0.909. The van der Waals surface area contributed by atoms with Crippen LogP contribution < -0.4 is 4.74 Å². The summed E-state index contributed by atoms with van der Waals surface area (Å²) in [4.78, 5) is 24.7. The molecule has 0 amide bonds. The zero-order chi connectivity index (χ0) is 13.1. The van der Waals surface area contributed by atoms with E-state index in [0.29, 0.717) is 5.75 Å². The van der Waals surface area contributed by atoms with E-state index in [1.165, 1.54) is 6.20 Å². The van der Waals surface area contributed by atoms with Crippen molar-refractivity contribution in [3.63, 3.8) is 0 Å². The van der Waals surface area contributed by atoms with Crippen LogP contribution in [0.3, 0.4) is 0 Å². The number of aliphatic hydroxyl groups excluding tert-OH is 1. The number of esters is 1. The molecule has 3 N–H and O–H groups in total. The fraction of sp³-hybridized carbons (Fsp3) is 0.167. The maximum Gasteiger partial charge on any atom is 0.333 e. The molecule has 1 aromatic heterocycles. The third kappa shape index (κ3) is 2.49. The van der Waals surface area contributed by atoms with Gasteiger partial charge in [-0.2, -0.15) is 0 Å². The van der Waals surface area contributed by atoms with Crippen molar-refractivity contribution in [1.82, 2.24) is 4.98 Å². The molecule has 0 aliphatic heterocycles. The first-order chi connectivity index (χ1) is 8.58. The van der Waals surface area contributed by atoms with Crippen LogP contribution in [0.5, 0.6) is 5.75 Å². The maximum absolute atomic E-state index is 11.4. The average Bonchev–Trinajstić information content (AvgIpc) is 2.72. The number of hydrogen-bond donors (Lipinski definition) is 3. The van der Waals surface area contributed by atoms with Gasteiger partial charge in [-0.15, -0.1) is 0 Å². The van der Waals surface area contributed by atoms with Crippen molar-refractivity contribution in [1.29, 1.82) is 0 Å². The molecule has 1 unspecified atom stereocenters. The number of rotatable bonds is 4. The van der Waals surface area contributed by atoms with Crippen LogP contribution in [0.15, 0.2) is 30.5 Å². The van der Waals surface area contributed by atoms with Crippen LogP contribution >= 0.6 is 0 Å². The lowest BCUT2D eigenvalue weighted by Crippen LogP contribution is -2.25. The second-order valence-corrected chi connectivity index (χ2v) is 3.73. The van der Waals surface area contributed by atoms with Gasteiger partial charge in [-0.3, -0.25) is 4.79 Å². The molecule has 0 radical (unpaired) electrons. The summed E-state index contributed by atoms with van der Waals surface area (Å²) in [5.41, 5.74) is 0.805. The minimum absolute atomic E-state index is 0.313. The first-order valence-corrected chi connectivity index (χ1v) is 5.25. The molecular formula is C12H11NO5. The van der Waals surface area contributed by atoms with Crippen LogP contribution in [-0.2, 0) is 9.59 Å². The number of fused-ring (bicyclic) bond motifs is 1. The Labute approximate surface area is 102 Å². The van der Waals surface area contributed by atoms with Gasteiger partial charge in [0.1, 0.15) is 0 Å². The smallest absolute Gasteiger partial charge is 0.333 e. The number of carboxylic acid groups (broad SMARTS) is 1. The molecular weight excluding hydrogens is 238 g/mol. The van der Waals surface area contributed by atoms with Crippen molar-refractivity contribution in [2.75, 3.05) is 0 Å². The number of aromatic amines is 1. The van der Waals surface area contributed by atoms with E-state index >= 15 is 0 Å². The van der Waals surface area contributed by atoms with Crippen molar-refractivity contribution in [2.24, 2.45) is 0 Å². The second-order valence-electron chi connectivity index (χ2n) is 3.73. The first kappa shape index (κ1) is 12.1. The number of para-hydroxylation sites is 1. The molecule has 94 valence electrons. The van der Waals surface area contributed by atoms with E-state index in [-0.39, 0.29) is 0 Å². The lowest BCUT2D eigenvalue weighted by Gasteiger charge is -2.05. The molecule has 1 aromatic carbocycles. The molecule has 18 heavy (non-hydrogen) atoms. The van der Waals surface area contributed by atoms with Gasteiger partial charge in [0.2, 0.25) is 0 Å². The monoisotopic (exact) mass is 249 g/mol. The number of benzene rings is 1. The summed E-state index contributed by atoms with van der Waals surface area (Å²) in [5, 5.41) is 18.2. The quantitative estimate of drug-likeness (QED) is 0.699. The Morgan fingerprint density at radius 3 is 2.78 bits per heavy atom. The molecule has 6 nitrogen and oxygen atoms in total. The summed E-state index contributed by atoms with van der Waals surface area (Å²) in [7, 11) is 0. The van der Waals surface area contributed by atoms with Gasteiger partial charge in [0.25, 0.3) is 0 Å². The van der Waals surface area contributed by atoms with E-state index in [1.807, 2.05) is 12.1 Å². The molecule has 0 fully saturated rings. The fourth-order valence-corrected chi connectivity index (χ4v) is 1.54. The summed E-state index contributed by atoms with van der Waals surface area (Å²) in [6, 6.07) is 7.21. The van der Waals surface area contributed by atoms with E-state index in [0.717, 1.165) is 10.9 Å². The van der Waals surface area contributed by atoms with Crippen LogP contribution in [0.4, 0.5) is 0 Å². The highest BCUT2D eigenvalue weighted by Gasteiger charge is 2.20. The highest BCUT2D eigenvalue weighted by atomic mass is 16.5. The minimum atomic E-state index is -1.75. The molecule has 0 aliphatic rings. The summed E-state index contributed by atoms with van der Waals surface area (Å²) >= 11 is 0. The largest absolute Gasteiger partial charge is 0.479 e. The number of ether oxygens (including phenoxy) is 1. The summed E-state index contributed by atoms with van der Waals surface area (Å²) in [6.45, 7) is 0. The number of carbonyl (C=O) groups is 2. The van der Waals surface area contributed by atoms with Gasteiger partial charge in [0.15, 0.2) is 11.9 Å². The lowest BCUT2D eigenvalue weighted by atomic mass is 10.2. The van der Waals surface area contributed by atoms with Crippen LogP contribution in [0.2, 0.25) is 0 Å². The molecule has 0 spiro atoms. The highest BCUT2D eigenvalue weighted by molar-refractivity contribution is 5.89. The Hall–Kier alpha value is -2.34. The number of H-pyrrole nitrogens is 1. The Morgan fingerprint density at radius 2 is 2.06 bits per heavy atom. The number of aliphatic carboxylic acids is 1. The number of carbonyl (C=O) groups excluding carboxylic acids is 1. The van der Waals surface area contributed by atoms with E-state index in [9.17, 15) is 9.59 Å². The van der Waals surface area contributed by atoms with Crippen molar-refractivity contribution in [3.8, 4) is 5.75 Å². The van der Waals surface area contributed by atoms with Gasteiger partial charge in [-0.25, -0.2) is 4.79 Å². The molecule has 1 heterocycles. The van der Waals surface area contributed by atoms with E-state index in [2.05, 4.69) is 4.98 Å². The van der Waals surface area contributed by atoms with Gasteiger partial charge in [-0.05, 0) is 12.1 Å². The molecule has 0 aliphatic carbocycles. The third-order valence-electron chi connectivity index (χ3n) is 2.42. The first-order valence-electron chi connectivity index (χ1n) is 5.25. The Bertz CT molecular complexity index is 589. The van der Waals surface area contributed by atoms with Gasteiger partial charge in [0, 0.05) is 17.1 Å². The molecule has 0 bridgehead atoms. The van der Waals surface area contributed by atoms with Crippen LogP contribution in [0.25, 0.3) is 10.9 Å². The highest BCUT2D eigenvalue weighted by Crippen LogP contribution is 2.25. The van der Waals surface area contributed by atoms with Crippen molar-refractivity contribution in [3.05, 3.63) is 30.5 Å². The fourth-order valence-electron chi connectivity index (χ4n) is 1.54. The Morgan fingerprint density at radius 1 is 1.33 bits per heavy atom. The van der Waals surface area contributed by atoms with Crippen molar-refractivity contribution < 1.29 is 24.5 Å². The number of carboxylic acids is 1. The molecule has 1 atom stereocenters. The molecule has 2 rings (SSSR count). The zero-order valence-electron chi connectivity index (χ0n) is 9.29. The van der Waals surface area contributed by atoms with Gasteiger partial charge in [-0.1, -0.05) is 12.1 Å². The Kier molecular flexibility index (Phi) is 3.29. The molecule has 0 saturated heterocycles. The summed E-state index contributed by atoms with van der Waals surface area (Å²) in [6.07, 6.45) is -0.826. The normalized spacial score (nSPS) is 12.3. The zero-order valence-corrected chi connectivity index (χ0v) is 9.29. The van der Waals surface area contributed by atoms with Gasteiger partial charge in [0.05, 0.1) is 6.42 Å². The number of nitrogens with one attached hydrogen (secondary N) is 1. The van der Waals surface area contributed by atoms with Crippen LogP contribution in [0.1, 0.15) is 6.42 Å².